The van der Waals surface area contributed by atoms with Crippen LogP contribution in [0.3, 0.4) is 0 Å². The standard InChI is InChI=1S/C14H18BrN3O/c1-8(2)13-17-14(19-18-13)10(4)16-11-5-6-12(15)9(3)7-11/h5-8,10,16H,1-4H3. The molecule has 0 aliphatic rings. The van der Waals surface area contributed by atoms with Gasteiger partial charge in [-0.05, 0) is 37.6 Å². The van der Waals surface area contributed by atoms with Gasteiger partial charge >= 0.3 is 0 Å². The Kier molecular flexibility index (Phi) is 4.24. The van der Waals surface area contributed by atoms with Crippen LogP contribution in [0.5, 0.6) is 0 Å². The van der Waals surface area contributed by atoms with Gasteiger partial charge in [0.25, 0.3) is 0 Å². The number of hydrogen-bond acceptors (Lipinski definition) is 4. The van der Waals surface area contributed by atoms with Gasteiger partial charge in [-0.3, -0.25) is 0 Å². The van der Waals surface area contributed by atoms with E-state index in [4.69, 9.17) is 4.52 Å². The summed E-state index contributed by atoms with van der Waals surface area (Å²) in [7, 11) is 0. The first-order chi connectivity index (χ1) is 8.97. The van der Waals surface area contributed by atoms with Crippen LogP contribution in [-0.4, -0.2) is 10.1 Å². The molecule has 2 aromatic rings. The van der Waals surface area contributed by atoms with Crippen LogP contribution < -0.4 is 5.32 Å². The summed E-state index contributed by atoms with van der Waals surface area (Å²) in [5, 5.41) is 7.34. The van der Waals surface area contributed by atoms with Crippen LogP contribution in [0.15, 0.2) is 27.2 Å². The molecule has 0 bridgehead atoms. The Balaban J connectivity index is 2.11. The zero-order valence-electron chi connectivity index (χ0n) is 11.6. The Morgan fingerprint density at radius 1 is 1.26 bits per heavy atom. The highest BCUT2D eigenvalue weighted by Gasteiger charge is 2.15. The predicted octanol–water partition coefficient (Wildman–Crippen LogP) is 4.44. The minimum absolute atomic E-state index is 0.0134. The highest BCUT2D eigenvalue weighted by atomic mass is 79.9. The van der Waals surface area contributed by atoms with E-state index in [1.54, 1.807) is 0 Å². The van der Waals surface area contributed by atoms with Gasteiger partial charge in [-0.1, -0.05) is 34.9 Å². The smallest absolute Gasteiger partial charge is 0.248 e. The van der Waals surface area contributed by atoms with E-state index in [9.17, 15) is 0 Å². The molecule has 0 fully saturated rings. The lowest BCUT2D eigenvalue weighted by Crippen LogP contribution is -2.07. The highest BCUT2D eigenvalue weighted by molar-refractivity contribution is 9.10. The van der Waals surface area contributed by atoms with Crippen molar-refractivity contribution in [1.82, 2.24) is 10.1 Å². The molecular weight excluding hydrogens is 306 g/mol. The van der Waals surface area contributed by atoms with E-state index < -0.39 is 0 Å². The molecule has 5 heteroatoms. The third-order valence-electron chi connectivity index (χ3n) is 2.89. The van der Waals surface area contributed by atoms with E-state index in [2.05, 4.69) is 44.4 Å². The molecule has 0 saturated heterocycles. The summed E-state index contributed by atoms with van der Waals surface area (Å²) in [6.45, 7) is 8.16. The zero-order valence-corrected chi connectivity index (χ0v) is 13.2. The molecule has 0 aliphatic carbocycles. The zero-order chi connectivity index (χ0) is 14.0. The van der Waals surface area contributed by atoms with Crippen molar-refractivity contribution < 1.29 is 4.52 Å². The van der Waals surface area contributed by atoms with Crippen molar-refractivity contribution in [3.8, 4) is 0 Å². The van der Waals surface area contributed by atoms with Crippen LogP contribution >= 0.6 is 15.9 Å². The Labute approximate surface area is 121 Å². The number of benzene rings is 1. The topological polar surface area (TPSA) is 51.0 Å². The lowest BCUT2D eigenvalue weighted by molar-refractivity contribution is 0.361. The van der Waals surface area contributed by atoms with Crippen molar-refractivity contribution in [3.63, 3.8) is 0 Å². The van der Waals surface area contributed by atoms with Crippen molar-refractivity contribution in [2.24, 2.45) is 0 Å². The second kappa shape index (κ2) is 5.74. The number of nitrogens with one attached hydrogen (secondary N) is 1. The first-order valence-corrected chi connectivity index (χ1v) is 7.13. The van der Waals surface area contributed by atoms with Crippen LogP contribution in [0.25, 0.3) is 0 Å². The number of rotatable bonds is 4. The Hall–Kier alpha value is -1.36. The van der Waals surface area contributed by atoms with E-state index in [1.807, 2.05) is 32.9 Å². The van der Waals surface area contributed by atoms with Gasteiger partial charge < -0.3 is 9.84 Å². The van der Waals surface area contributed by atoms with E-state index in [0.29, 0.717) is 5.89 Å². The first-order valence-electron chi connectivity index (χ1n) is 6.33. The molecule has 0 saturated carbocycles. The van der Waals surface area contributed by atoms with Gasteiger partial charge in [0.15, 0.2) is 5.82 Å². The SMILES string of the molecule is Cc1cc(NC(C)c2nc(C(C)C)no2)ccc1Br. The molecule has 2 rings (SSSR count). The fraction of sp³-hybridized carbons (Fsp3) is 0.429. The quantitative estimate of drug-likeness (QED) is 0.903. The molecule has 19 heavy (non-hydrogen) atoms. The van der Waals surface area contributed by atoms with Crippen molar-refractivity contribution in [2.45, 2.75) is 39.7 Å². The minimum atomic E-state index is -0.0134. The lowest BCUT2D eigenvalue weighted by atomic mass is 10.2. The van der Waals surface area contributed by atoms with Gasteiger partial charge in [0.2, 0.25) is 5.89 Å². The summed E-state index contributed by atoms with van der Waals surface area (Å²) in [6.07, 6.45) is 0. The molecule has 1 unspecified atom stereocenters. The van der Waals surface area contributed by atoms with Gasteiger partial charge in [-0.25, -0.2) is 0 Å². The van der Waals surface area contributed by atoms with Gasteiger partial charge in [0.05, 0.1) is 0 Å². The molecule has 0 aliphatic heterocycles. The fourth-order valence-corrected chi connectivity index (χ4v) is 1.95. The number of aromatic nitrogens is 2. The molecule has 0 radical (unpaired) electrons. The summed E-state index contributed by atoms with van der Waals surface area (Å²) >= 11 is 3.49. The van der Waals surface area contributed by atoms with E-state index in [1.165, 1.54) is 5.56 Å². The first kappa shape index (κ1) is 14.1. The monoisotopic (exact) mass is 323 g/mol. The Bertz CT molecular complexity index is 566. The second-order valence-corrected chi connectivity index (χ2v) is 5.83. The molecule has 1 heterocycles. The molecule has 1 N–H and O–H groups in total. The third kappa shape index (κ3) is 3.35. The molecule has 1 atom stereocenters. The van der Waals surface area contributed by atoms with E-state index in [-0.39, 0.29) is 12.0 Å². The van der Waals surface area contributed by atoms with Gasteiger partial charge in [0.1, 0.15) is 6.04 Å². The number of hydrogen-bond donors (Lipinski definition) is 1. The lowest BCUT2D eigenvalue weighted by Gasteiger charge is -2.12. The number of halogens is 1. The van der Waals surface area contributed by atoms with Crippen LogP contribution in [-0.2, 0) is 0 Å². The molecule has 1 aromatic carbocycles. The minimum Gasteiger partial charge on any atom is -0.374 e. The molecular formula is C14H18BrN3O. The number of anilines is 1. The highest BCUT2D eigenvalue weighted by Crippen LogP contribution is 2.24. The summed E-state index contributed by atoms with van der Waals surface area (Å²) in [5.74, 6) is 1.64. The summed E-state index contributed by atoms with van der Waals surface area (Å²) in [4.78, 5) is 4.40. The maximum atomic E-state index is 5.28. The third-order valence-corrected chi connectivity index (χ3v) is 3.78. The largest absolute Gasteiger partial charge is 0.374 e. The fourth-order valence-electron chi connectivity index (χ4n) is 1.70. The average molecular weight is 324 g/mol. The van der Waals surface area contributed by atoms with Crippen molar-refractivity contribution in [1.29, 1.82) is 0 Å². The Morgan fingerprint density at radius 3 is 2.58 bits per heavy atom. The van der Waals surface area contributed by atoms with Crippen LogP contribution in [0.2, 0.25) is 0 Å². The second-order valence-electron chi connectivity index (χ2n) is 4.98. The molecule has 0 amide bonds. The average Bonchev–Trinajstić information content (AvgIpc) is 2.83. The van der Waals surface area contributed by atoms with Crippen LogP contribution in [0, 0.1) is 6.92 Å². The van der Waals surface area contributed by atoms with Crippen molar-refractivity contribution >= 4 is 21.6 Å². The molecule has 4 nitrogen and oxygen atoms in total. The predicted molar refractivity (Wildman–Crippen MR) is 79.3 cm³/mol. The molecule has 1 aromatic heterocycles. The number of aryl methyl sites for hydroxylation is 1. The van der Waals surface area contributed by atoms with Crippen LogP contribution in [0.4, 0.5) is 5.69 Å². The van der Waals surface area contributed by atoms with E-state index in [0.717, 1.165) is 16.0 Å². The Morgan fingerprint density at radius 2 is 2.00 bits per heavy atom. The van der Waals surface area contributed by atoms with E-state index >= 15 is 0 Å². The summed E-state index contributed by atoms with van der Waals surface area (Å²) in [6, 6.07) is 6.12. The van der Waals surface area contributed by atoms with Gasteiger partial charge in [-0.15, -0.1) is 0 Å². The maximum absolute atomic E-state index is 5.28. The summed E-state index contributed by atoms with van der Waals surface area (Å²) in [5.41, 5.74) is 2.23. The van der Waals surface area contributed by atoms with Crippen LogP contribution in [0.1, 0.15) is 50.0 Å². The maximum Gasteiger partial charge on any atom is 0.248 e. The van der Waals surface area contributed by atoms with Gasteiger partial charge in [-0.2, -0.15) is 4.98 Å². The van der Waals surface area contributed by atoms with Gasteiger partial charge in [0, 0.05) is 16.1 Å². The van der Waals surface area contributed by atoms with Crippen molar-refractivity contribution in [3.05, 3.63) is 40.0 Å². The molecule has 0 spiro atoms. The molecule has 102 valence electrons. The normalized spacial score (nSPS) is 12.7. The number of nitrogens with zero attached hydrogens (tertiary/aromatic N) is 2. The summed E-state index contributed by atoms with van der Waals surface area (Å²) < 4.78 is 6.38. The van der Waals surface area contributed by atoms with Crippen molar-refractivity contribution in [2.75, 3.05) is 5.32 Å².